The van der Waals surface area contributed by atoms with E-state index in [1.807, 2.05) is 90.9 Å². The predicted octanol–water partition coefficient (Wildman–Crippen LogP) is 5.12. The molecular weight excluding hydrogens is 584 g/mol. The third-order valence-corrected chi connectivity index (χ3v) is 8.09. The summed E-state index contributed by atoms with van der Waals surface area (Å²) in [7, 11) is 1.32. The van der Waals surface area contributed by atoms with E-state index in [4.69, 9.17) is 14.5 Å². The number of alkyl carbamates (subject to hydrolysis) is 1. The van der Waals surface area contributed by atoms with Crippen LogP contribution in [0.1, 0.15) is 55.2 Å². The van der Waals surface area contributed by atoms with Crippen LogP contribution in [0.3, 0.4) is 0 Å². The van der Waals surface area contributed by atoms with Gasteiger partial charge in [-0.1, -0.05) is 54.6 Å². The van der Waals surface area contributed by atoms with Gasteiger partial charge in [-0.05, 0) is 50.6 Å². The van der Waals surface area contributed by atoms with Crippen molar-refractivity contribution in [2.24, 2.45) is 0 Å². The minimum atomic E-state index is -0.633. The van der Waals surface area contributed by atoms with Gasteiger partial charge in [0, 0.05) is 37.3 Å². The zero-order chi connectivity index (χ0) is 32.4. The number of piperidine rings is 1. The van der Waals surface area contributed by atoms with Crippen molar-refractivity contribution in [3.63, 3.8) is 0 Å². The van der Waals surface area contributed by atoms with Gasteiger partial charge < -0.3 is 24.3 Å². The molecule has 0 saturated carbocycles. The van der Waals surface area contributed by atoms with Gasteiger partial charge in [0.2, 0.25) is 0 Å². The number of esters is 1. The van der Waals surface area contributed by atoms with Gasteiger partial charge in [0.1, 0.15) is 28.0 Å². The monoisotopic (exact) mass is 622 g/mol. The van der Waals surface area contributed by atoms with Gasteiger partial charge in [-0.3, -0.25) is 14.3 Å². The summed E-state index contributed by atoms with van der Waals surface area (Å²) in [5.74, 6) is -0.0542. The maximum Gasteiger partial charge on any atom is 0.407 e. The standard InChI is InChI=1S/C35H38N6O5/c1-35(2,3)46-34(44)38-25-14-10-18-39(20-25)31-28(33(43)45-4)29-30(41(31)19-23-11-6-5-7-12-23)32(42)40(22-37-29)21-27-26-15-9-8-13-24(26)16-17-36-27/h5-9,11-13,15-17,22,25H,10,14,18-21H2,1-4H3,(H,38,44). The van der Waals surface area contributed by atoms with E-state index in [1.54, 1.807) is 6.20 Å². The summed E-state index contributed by atoms with van der Waals surface area (Å²) >= 11 is 0. The van der Waals surface area contributed by atoms with Gasteiger partial charge in [0.05, 0.1) is 25.7 Å². The summed E-state index contributed by atoms with van der Waals surface area (Å²) in [6, 6.07) is 19.4. The van der Waals surface area contributed by atoms with Crippen molar-refractivity contribution < 1.29 is 19.1 Å². The molecule has 1 amide bonds. The molecule has 1 aliphatic rings. The molecule has 238 valence electrons. The van der Waals surface area contributed by atoms with Crippen LogP contribution in [0.25, 0.3) is 21.8 Å². The van der Waals surface area contributed by atoms with E-state index in [2.05, 4.69) is 10.3 Å². The number of carbonyl (C=O) groups excluding carboxylic acids is 2. The Morgan fingerprint density at radius 1 is 1.00 bits per heavy atom. The largest absolute Gasteiger partial charge is 0.465 e. The molecule has 46 heavy (non-hydrogen) atoms. The predicted molar refractivity (Wildman–Crippen MR) is 176 cm³/mol. The molecule has 11 heteroatoms. The lowest BCUT2D eigenvalue weighted by atomic mass is 10.1. The van der Waals surface area contributed by atoms with E-state index in [-0.39, 0.29) is 29.2 Å². The first-order valence-corrected chi connectivity index (χ1v) is 15.4. The fraction of sp³-hybridized carbons (Fsp3) is 0.343. The summed E-state index contributed by atoms with van der Waals surface area (Å²) in [6.45, 7) is 6.99. The van der Waals surface area contributed by atoms with E-state index >= 15 is 0 Å². The number of nitrogens with zero attached hydrogens (tertiary/aromatic N) is 5. The van der Waals surface area contributed by atoms with Crippen LogP contribution in [-0.2, 0) is 22.6 Å². The highest BCUT2D eigenvalue weighted by Gasteiger charge is 2.33. The van der Waals surface area contributed by atoms with E-state index in [9.17, 15) is 14.4 Å². The molecule has 0 bridgehead atoms. The Morgan fingerprint density at radius 2 is 1.76 bits per heavy atom. The number of methoxy groups -OCH3 is 1. The lowest BCUT2D eigenvalue weighted by Gasteiger charge is -2.36. The van der Waals surface area contributed by atoms with Crippen molar-refractivity contribution >= 4 is 39.7 Å². The lowest BCUT2D eigenvalue weighted by molar-refractivity contribution is 0.0498. The van der Waals surface area contributed by atoms with Crippen LogP contribution in [0.4, 0.5) is 10.6 Å². The van der Waals surface area contributed by atoms with E-state index in [1.165, 1.54) is 18.0 Å². The van der Waals surface area contributed by atoms with Crippen LogP contribution >= 0.6 is 0 Å². The van der Waals surface area contributed by atoms with E-state index in [0.29, 0.717) is 31.0 Å². The first-order valence-electron chi connectivity index (χ1n) is 15.4. The van der Waals surface area contributed by atoms with Gasteiger partial charge in [-0.25, -0.2) is 14.6 Å². The minimum Gasteiger partial charge on any atom is -0.465 e. The number of carbonyl (C=O) groups is 2. The van der Waals surface area contributed by atoms with Crippen molar-refractivity contribution in [2.75, 3.05) is 25.1 Å². The number of benzene rings is 2. The number of aromatic nitrogens is 4. The molecule has 4 heterocycles. The number of hydrogen-bond donors (Lipinski definition) is 1. The fourth-order valence-corrected chi connectivity index (χ4v) is 6.13. The number of amides is 1. The Hall–Kier alpha value is -5.19. The first-order chi connectivity index (χ1) is 22.1. The Labute approximate surface area is 266 Å². The summed E-state index contributed by atoms with van der Waals surface area (Å²) < 4.78 is 14.2. The number of rotatable bonds is 7. The average molecular weight is 623 g/mol. The molecule has 1 fully saturated rings. The summed E-state index contributed by atoms with van der Waals surface area (Å²) in [5, 5.41) is 4.96. The molecule has 0 aliphatic carbocycles. The molecule has 1 atom stereocenters. The highest BCUT2D eigenvalue weighted by atomic mass is 16.6. The van der Waals surface area contributed by atoms with Crippen LogP contribution < -0.4 is 15.8 Å². The van der Waals surface area contributed by atoms with Gasteiger partial charge in [-0.2, -0.15) is 0 Å². The molecular formula is C35H38N6O5. The van der Waals surface area contributed by atoms with E-state index < -0.39 is 17.7 Å². The highest BCUT2D eigenvalue weighted by Crippen LogP contribution is 2.34. The second-order valence-corrected chi connectivity index (χ2v) is 12.5. The third kappa shape index (κ3) is 6.30. The summed E-state index contributed by atoms with van der Waals surface area (Å²) in [5.41, 5.74) is 1.54. The van der Waals surface area contributed by atoms with Gasteiger partial charge in [-0.15, -0.1) is 0 Å². The van der Waals surface area contributed by atoms with Crippen molar-refractivity contribution in [3.8, 4) is 0 Å². The number of nitrogens with one attached hydrogen (secondary N) is 1. The Kier molecular flexibility index (Phi) is 8.48. The third-order valence-electron chi connectivity index (χ3n) is 8.09. The quantitative estimate of drug-likeness (QED) is 0.248. The highest BCUT2D eigenvalue weighted by molar-refractivity contribution is 6.08. The van der Waals surface area contributed by atoms with Crippen molar-refractivity contribution in [2.45, 2.75) is 58.3 Å². The van der Waals surface area contributed by atoms with Crippen LogP contribution in [0.2, 0.25) is 0 Å². The topological polar surface area (TPSA) is 121 Å². The molecule has 1 unspecified atom stereocenters. The summed E-state index contributed by atoms with van der Waals surface area (Å²) in [4.78, 5) is 51.9. The van der Waals surface area contributed by atoms with Crippen molar-refractivity contribution in [3.05, 3.63) is 100 Å². The molecule has 0 radical (unpaired) electrons. The van der Waals surface area contributed by atoms with Gasteiger partial charge in [0.15, 0.2) is 0 Å². The molecule has 2 aromatic carbocycles. The van der Waals surface area contributed by atoms with Gasteiger partial charge in [0.25, 0.3) is 5.56 Å². The molecule has 1 saturated heterocycles. The molecule has 5 aromatic rings. The minimum absolute atomic E-state index is 0.203. The molecule has 1 N–H and O–H groups in total. The maximum atomic E-state index is 14.4. The van der Waals surface area contributed by atoms with Crippen LogP contribution in [0.15, 0.2) is 78.0 Å². The normalized spacial score (nSPS) is 15.2. The first kappa shape index (κ1) is 30.8. The lowest BCUT2D eigenvalue weighted by Crippen LogP contribution is -2.49. The SMILES string of the molecule is COC(=O)c1c(N2CCCC(NC(=O)OC(C)(C)C)C2)n(Cc2ccccc2)c2c(=O)n(Cc3nccc4ccccc34)cnc12. The molecule has 6 rings (SSSR count). The number of hydrogen-bond acceptors (Lipinski definition) is 8. The Morgan fingerprint density at radius 3 is 2.52 bits per heavy atom. The number of ether oxygens (including phenoxy) is 2. The molecule has 0 spiro atoms. The zero-order valence-corrected chi connectivity index (χ0v) is 26.5. The average Bonchev–Trinajstić information content (AvgIpc) is 3.36. The number of pyridine rings is 1. The maximum absolute atomic E-state index is 14.4. The van der Waals surface area contributed by atoms with Crippen molar-refractivity contribution in [1.29, 1.82) is 0 Å². The Bertz CT molecular complexity index is 1950. The zero-order valence-electron chi connectivity index (χ0n) is 26.5. The summed E-state index contributed by atoms with van der Waals surface area (Å²) in [6.07, 6.45) is 4.20. The molecule has 11 nitrogen and oxygen atoms in total. The fourth-order valence-electron chi connectivity index (χ4n) is 6.13. The van der Waals surface area contributed by atoms with Crippen molar-refractivity contribution in [1.82, 2.24) is 24.4 Å². The number of anilines is 1. The van der Waals surface area contributed by atoms with Gasteiger partial charge >= 0.3 is 12.1 Å². The van der Waals surface area contributed by atoms with E-state index in [0.717, 1.165) is 34.9 Å². The van der Waals surface area contributed by atoms with Crippen LogP contribution in [0.5, 0.6) is 0 Å². The number of fused-ring (bicyclic) bond motifs is 2. The van der Waals surface area contributed by atoms with Crippen LogP contribution in [-0.4, -0.2) is 63.0 Å². The Balaban J connectivity index is 1.48. The molecule has 1 aliphatic heterocycles. The second-order valence-electron chi connectivity index (χ2n) is 12.5. The second kappa shape index (κ2) is 12.7. The smallest absolute Gasteiger partial charge is 0.407 e. The van der Waals surface area contributed by atoms with Crippen LogP contribution in [0, 0.1) is 0 Å². The molecule has 3 aromatic heterocycles.